The Bertz CT molecular complexity index is 631. The van der Waals surface area contributed by atoms with E-state index in [-0.39, 0.29) is 0 Å². The smallest absolute Gasteiger partial charge is 0.325 e. The van der Waals surface area contributed by atoms with Crippen LogP contribution in [0.15, 0.2) is 30.5 Å². The van der Waals surface area contributed by atoms with Crippen LogP contribution in [0.25, 0.3) is 0 Å². The van der Waals surface area contributed by atoms with E-state index in [1.165, 1.54) is 6.20 Å². The molecular formula is C13H12N4O2S. The third-order valence-electron chi connectivity index (χ3n) is 2.26. The Kier molecular flexibility index (Phi) is 4.52. The Balaban J connectivity index is 1.92. The Morgan fingerprint density at radius 1 is 1.40 bits per heavy atom. The van der Waals surface area contributed by atoms with E-state index in [2.05, 4.69) is 15.6 Å². The Labute approximate surface area is 120 Å². The largest absolute Gasteiger partial charge is 0.494 e. The monoisotopic (exact) mass is 288 g/mol. The first-order valence-corrected chi connectivity index (χ1v) is 6.69. The van der Waals surface area contributed by atoms with Gasteiger partial charge >= 0.3 is 6.03 Å². The van der Waals surface area contributed by atoms with Crippen LogP contribution in [-0.2, 0) is 0 Å². The van der Waals surface area contributed by atoms with E-state index in [0.29, 0.717) is 22.3 Å². The Morgan fingerprint density at radius 2 is 2.15 bits per heavy atom. The van der Waals surface area contributed by atoms with Crippen LogP contribution in [0, 0.1) is 11.3 Å². The molecule has 1 aromatic heterocycles. The van der Waals surface area contributed by atoms with Crippen molar-refractivity contribution in [2.75, 3.05) is 17.2 Å². The first kappa shape index (κ1) is 13.8. The molecule has 0 aliphatic carbocycles. The van der Waals surface area contributed by atoms with Crippen LogP contribution in [0.1, 0.15) is 11.8 Å². The van der Waals surface area contributed by atoms with Gasteiger partial charge in [-0.1, -0.05) is 11.3 Å². The van der Waals surface area contributed by atoms with Crippen molar-refractivity contribution in [1.82, 2.24) is 4.98 Å². The zero-order valence-electron chi connectivity index (χ0n) is 10.7. The maximum Gasteiger partial charge on any atom is 0.325 e. The number of thiazole rings is 1. The third-order valence-corrected chi connectivity index (χ3v) is 3.08. The highest BCUT2D eigenvalue weighted by atomic mass is 32.1. The van der Waals surface area contributed by atoms with E-state index < -0.39 is 6.03 Å². The highest BCUT2D eigenvalue weighted by Gasteiger charge is 2.06. The lowest BCUT2D eigenvalue weighted by Crippen LogP contribution is -2.19. The summed E-state index contributed by atoms with van der Waals surface area (Å²) in [7, 11) is 0. The molecule has 0 aliphatic heterocycles. The first-order valence-electron chi connectivity index (χ1n) is 5.88. The molecule has 2 aromatic rings. The van der Waals surface area contributed by atoms with E-state index in [1.807, 2.05) is 13.0 Å². The van der Waals surface area contributed by atoms with E-state index in [4.69, 9.17) is 10.00 Å². The number of amides is 2. The van der Waals surface area contributed by atoms with Crippen LogP contribution in [0.4, 0.5) is 15.6 Å². The summed E-state index contributed by atoms with van der Waals surface area (Å²) in [5, 5.41) is 14.3. The number of ether oxygens (including phenoxy) is 1. The van der Waals surface area contributed by atoms with Crippen molar-refractivity contribution in [2.24, 2.45) is 0 Å². The van der Waals surface area contributed by atoms with E-state index in [9.17, 15) is 4.79 Å². The minimum absolute atomic E-state index is 0.380. The summed E-state index contributed by atoms with van der Waals surface area (Å²) >= 11 is 1.12. The molecule has 2 N–H and O–H groups in total. The van der Waals surface area contributed by atoms with Crippen LogP contribution in [0.2, 0.25) is 0 Å². The molecule has 2 amide bonds. The standard InChI is InChI=1S/C13H12N4O2S/c1-2-19-10-5-3-9(4-6-10)16-12(18)17-13-15-8-11(7-14)20-13/h3-6,8H,2H2,1H3,(H2,15,16,17,18). The minimum Gasteiger partial charge on any atom is -0.494 e. The number of nitrogens with zero attached hydrogens (tertiary/aromatic N) is 2. The molecular weight excluding hydrogens is 276 g/mol. The second-order valence-corrected chi connectivity index (χ2v) is 4.71. The second-order valence-electron chi connectivity index (χ2n) is 3.68. The van der Waals surface area contributed by atoms with Gasteiger partial charge in [0.1, 0.15) is 16.7 Å². The number of carbonyl (C=O) groups is 1. The molecule has 0 radical (unpaired) electrons. The van der Waals surface area contributed by atoms with Crippen molar-refractivity contribution >= 4 is 28.2 Å². The number of aromatic nitrogens is 1. The van der Waals surface area contributed by atoms with Crippen molar-refractivity contribution in [2.45, 2.75) is 6.92 Å². The number of anilines is 2. The molecule has 0 unspecified atom stereocenters. The fourth-order valence-electron chi connectivity index (χ4n) is 1.44. The molecule has 2 rings (SSSR count). The van der Waals surface area contributed by atoms with Gasteiger partial charge in [0.25, 0.3) is 0 Å². The summed E-state index contributed by atoms with van der Waals surface area (Å²) in [6.45, 7) is 2.50. The summed E-state index contributed by atoms with van der Waals surface area (Å²) < 4.78 is 5.31. The van der Waals surface area contributed by atoms with Gasteiger partial charge in [0.2, 0.25) is 0 Å². The molecule has 0 bridgehead atoms. The first-order chi connectivity index (χ1) is 9.71. The lowest BCUT2D eigenvalue weighted by molar-refractivity contribution is 0.262. The zero-order valence-corrected chi connectivity index (χ0v) is 11.5. The molecule has 0 fully saturated rings. The fraction of sp³-hybridized carbons (Fsp3) is 0.154. The normalized spacial score (nSPS) is 9.60. The maximum absolute atomic E-state index is 11.7. The molecule has 1 aromatic carbocycles. The van der Waals surface area contributed by atoms with Gasteiger partial charge in [0.15, 0.2) is 5.13 Å². The molecule has 0 spiro atoms. The van der Waals surface area contributed by atoms with Gasteiger partial charge < -0.3 is 10.1 Å². The van der Waals surface area contributed by atoms with E-state index in [1.54, 1.807) is 24.3 Å². The molecule has 6 nitrogen and oxygen atoms in total. The lowest BCUT2D eigenvalue weighted by Gasteiger charge is -2.07. The second kappa shape index (κ2) is 6.54. The average molecular weight is 288 g/mol. The van der Waals surface area contributed by atoms with Crippen LogP contribution in [0.5, 0.6) is 5.75 Å². The van der Waals surface area contributed by atoms with Crippen molar-refractivity contribution in [3.63, 3.8) is 0 Å². The summed E-state index contributed by atoms with van der Waals surface area (Å²) in [6, 6.07) is 8.58. The van der Waals surface area contributed by atoms with E-state index >= 15 is 0 Å². The molecule has 102 valence electrons. The Morgan fingerprint density at radius 3 is 2.75 bits per heavy atom. The van der Waals surface area contributed by atoms with Gasteiger partial charge in [0, 0.05) is 5.69 Å². The highest BCUT2D eigenvalue weighted by molar-refractivity contribution is 7.16. The molecule has 0 saturated carbocycles. The molecule has 20 heavy (non-hydrogen) atoms. The van der Waals surface area contributed by atoms with Gasteiger partial charge in [-0.3, -0.25) is 5.32 Å². The number of hydrogen-bond donors (Lipinski definition) is 2. The van der Waals surface area contributed by atoms with Gasteiger partial charge in [-0.05, 0) is 31.2 Å². The van der Waals surface area contributed by atoms with Gasteiger partial charge in [-0.15, -0.1) is 0 Å². The van der Waals surface area contributed by atoms with Gasteiger partial charge in [-0.25, -0.2) is 9.78 Å². The predicted molar refractivity (Wildman–Crippen MR) is 77.1 cm³/mol. The number of urea groups is 1. The van der Waals surface area contributed by atoms with Crippen LogP contribution in [-0.4, -0.2) is 17.6 Å². The van der Waals surface area contributed by atoms with E-state index in [0.717, 1.165) is 17.1 Å². The van der Waals surface area contributed by atoms with Crippen molar-refractivity contribution < 1.29 is 9.53 Å². The number of benzene rings is 1. The molecule has 0 atom stereocenters. The summed E-state index contributed by atoms with van der Waals surface area (Å²) in [6.07, 6.45) is 1.41. The quantitative estimate of drug-likeness (QED) is 0.905. The number of nitriles is 1. The number of rotatable bonds is 4. The average Bonchev–Trinajstić information content (AvgIpc) is 2.89. The fourth-order valence-corrected chi connectivity index (χ4v) is 2.05. The zero-order chi connectivity index (χ0) is 14.4. The van der Waals surface area contributed by atoms with Gasteiger partial charge in [-0.2, -0.15) is 5.26 Å². The number of hydrogen-bond acceptors (Lipinski definition) is 5. The Hall–Kier alpha value is -2.59. The van der Waals surface area contributed by atoms with Crippen molar-refractivity contribution in [3.8, 4) is 11.8 Å². The summed E-state index contributed by atoms with van der Waals surface area (Å²) in [4.78, 5) is 16.1. The van der Waals surface area contributed by atoms with Crippen LogP contribution < -0.4 is 15.4 Å². The highest BCUT2D eigenvalue weighted by Crippen LogP contribution is 2.18. The topological polar surface area (TPSA) is 87.0 Å². The van der Waals surface area contributed by atoms with Crippen molar-refractivity contribution in [3.05, 3.63) is 35.3 Å². The predicted octanol–water partition coefficient (Wildman–Crippen LogP) is 3.06. The van der Waals surface area contributed by atoms with Gasteiger partial charge in [0.05, 0.1) is 12.8 Å². The van der Waals surface area contributed by atoms with Crippen LogP contribution in [0.3, 0.4) is 0 Å². The SMILES string of the molecule is CCOc1ccc(NC(=O)Nc2ncc(C#N)s2)cc1. The molecule has 1 heterocycles. The molecule has 7 heteroatoms. The summed E-state index contributed by atoms with van der Waals surface area (Å²) in [5.74, 6) is 0.747. The number of nitrogens with one attached hydrogen (secondary N) is 2. The van der Waals surface area contributed by atoms with Crippen LogP contribution >= 0.6 is 11.3 Å². The molecule has 0 aliphatic rings. The molecule has 0 saturated heterocycles. The minimum atomic E-state index is -0.409. The third kappa shape index (κ3) is 3.70. The van der Waals surface area contributed by atoms with Crippen molar-refractivity contribution in [1.29, 1.82) is 5.26 Å². The summed E-state index contributed by atoms with van der Waals surface area (Å²) in [5.41, 5.74) is 0.642. The lowest BCUT2D eigenvalue weighted by atomic mass is 10.3. The number of carbonyl (C=O) groups excluding carboxylic acids is 1. The maximum atomic E-state index is 11.7.